The number of benzene rings is 3. The first-order chi connectivity index (χ1) is 11.6. The molecule has 0 spiro atoms. The molecule has 3 aromatic rings. The van der Waals surface area contributed by atoms with Gasteiger partial charge in [-0.05, 0) is 57.6 Å². The summed E-state index contributed by atoms with van der Waals surface area (Å²) in [4.78, 5) is 23.9. The molecule has 0 aliphatic carbocycles. The van der Waals surface area contributed by atoms with E-state index < -0.39 is 10.5 Å². The summed E-state index contributed by atoms with van der Waals surface area (Å²) in [6, 6.07) is 21.8. The van der Waals surface area contributed by atoms with Crippen LogP contribution in [0.1, 0.15) is 20.7 Å². The van der Waals surface area contributed by atoms with Crippen molar-refractivity contribution in [2.75, 3.05) is 0 Å². The molecule has 0 aliphatic heterocycles. The molecule has 2 nitrogen and oxygen atoms in total. The fraction of sp³-hybridized carbons (Fsp3) is 0. The van der Waals surface area contributed by atoms with E-state index in [9.17, 15) is 9.59 Å². The van der Waals surface area contributed by atoms with Gasteiger partial charge in [-0.1, -0.05) is 60.7 Å². The van der Waals surface area contributed by atoms with E-state index in [0.717, 1.165) is 11.1 Å². The van der Waals surface area contributed by atoms with Gasteiger partial charge in [0.1, 0.15) is 0 Å². The molecular weight excluding hydrogens is 343 g/mol. The van der Waals surface area contributed by atoms with Crippen LogP contribution in [0.15, 0.2) is 72.8 Å². The van der Waals surface area contributed by atoms with Gasteiger partial charge in [-0.2, -0.15) is 0 Å². The summed E-state index contributed by atoms with van der Waals surface area (Å²) >= 11 is 11.6. The lowest BCUT2D eigenvalue weighted by Gasteiger charge is -2.13. The molecule has 4 heteroatoms. The highest BCUT2D eigenvalue weighted by Crippen LogP contribution is 2.34. The molecule has 0 aliphatic rings. The highest BCUT2D eigenvalue weighted by atomic mass is 35.5. The smallest absolute Gasteiger partial charge is 0.253 e. The van der Waals surface area contributed by atoms with E-state index in [0.29, 0.717) is 22.3 Å². The molecule has 3 aromatic carbocycles. The molecule has 0 heterocycles. The highest BCUT2D eigenvalue weighted by molar-refractivity contribution is 6.69. The fourth-order valence-electron chi connectivity index (χ4n) is 2.64. The van der Waals surface area contributed by atoms with E-state index in [2.05, 4.69) is 0 Å². The third kappa shape index (κ3) is 3.25. The second-order valence-electron chi connectivity index (χ2n) is 5.22. The molecule has 3 rings (SSSR count). The second kappa shape index (κ2) is 7.00. The highest BCUT2D eigenvalue weighted by Gasteiger charge is 2.19. The molecule has 118 valence electrons. The Bertz CT molecular complexity index is 826. The molecule has 24 heavy (non-hydrogen) atoms. The number of hydrogen-bond donors (Lipinski definition) is 0. The van der Waals surface area contributed by atoms with Crippen LogP contribution in [-0.2, 0) is 0 Å². The van der Waals surface area contributed by atoms with E-state index in [4.69, 9.17) is 23.2 Å². The maximum atomic E-state index is 12.0. The third-order valence-corrected chi connectivity index (χ3v) is 4.16. The van der Waals surface area contributed by atoms with Crippen molar-refractivity contribution in [2.45, 2.75) is 0 Å². The van der Waals surface area contributed by atoms with Crippen LogP contribution >= 0.6 is 23.2 Å². The molecule has 0 bridgehead atoms. The fourth-order valence-corrected chi connectivity index (χ4v) is 2.95. The molecule has 0 radical (unpaired) electrons. The van der Waals surface area contributed by atoms with Crippen molar-refractivity contribution < 1.29 is 9.59 Å². The molecule has 0 unspecified atom stereocenters. The molecule has 0 atom stereocenters. The van der Waals surface area contributed by atoms with E-state index in [1.165, 1.54) is 0 Å². The van der Waals surface area contributed by atoms with Crippen LogP contribution in [0.3, 0.4) is 0 Å². The Morgan fingerprint density at radius 1 is 0.583 bits per heavy atom. The quantitative estimate of drug-likeness (QED) is 0.556. The summed E-state index contributed by atoms with van der Waals surface area (Å²) in [5.74, 6) is 0. The van der Waals surface area contributed by atoms with Crippen LogP contribution in [-0.4, -0.2) is 10.5 Å². The van der Waals surface area contributed by atoms with Crippen LogP contribution in [0.2, 0.25) is 0 Å². The Balaban J connectivity index is 2.32. The van der Waals surface area contributed by atoms with Gasteiger partial charge in [0.05, 0.1) is 0 Å². The average molecular weight is 355 g/mol. The maximum absolute atomic E-state index is 12.0. The number of carbonyl (C=O) groups is 2. The summed E-state index contributed by atoms with van der Waals surface area (Å²) in [6.45, 7) is 0. The van der Waals surface area contributed by atoms with E-state index in [1.807, 2.05) is 60.7 Å². The van der Waals surface area contributed by atoms with Gasteiger partial charge in [-0.25, -0.2) is 0 Å². The van der Waals surface area contributed by atoms with E-state index >= 15 is 0 Å². The number of halogens is 2. The van der Waals surface area contributed by atoms with Gasteiger partial charge in [0, 0.05) is 11.1 Å². The second-order valence-corrected chi connectivity index (χ2v) is 5.91. The number of carbonyl (C=O) groups excluding carboxylic acids is 2. The lowest BCUT2D eigenvalue weighted by Crippen LogP contribution is -2.01. The van der Waals surface area contributed by atoms with Gasteiger partial charge < -0.3 is 0 Å². The summed E-state index contributed by atoms with van der Waals surface area (Å²) in [7, 11) is 0. The molecule has 0 fully saturated rings. The zero-order chi connectivity index (χ0) is 17.1. The van der Waals surface area contributed by atoms with Gasteiger partial charge >= 0.3 is 0 Å². The minimum atomic E-state index is -0.584. The Labute approximate surface area is 149 Å². The largest absolute Gasteiger partial charge is 0.276 e. The molecule has 0 aromatic heterocycles. The zero-order valence-corrected chi connectivity index (χ0v) is 14.0. The van der Waals surface area contributed by atoms with E-state index in [-0.39, 0.29) is 0 Å². The minimum Gasteiger partial charge on any atom is -0.276 e. The first-order valence-corrected chi connectivity index (χ1v) is 8.02. The van der Waals surface area contributed by atoms with Crippen molar-refractivity contribution in [2.24, 2.45) is 0 Å². The van der Waals surface area contributed by atoms with Crippen LogP contribution in [0.25, 0.3) is 22.3 Å². The predicted molar refractivity (Wildman–Crippen MR) is 97.7 cm³/mol. The average Bonchev–Trinajstić information content (AvgIpc) is 2.62. The molecular formula is C20H12Cl2O2. The van der Waals surface area contributed by atoms with Crippen LogP contribution in [0.5, 0.6) is 0 Å². The van der Waals surface area contributed by atoms with Crippen molar-refractivity contribution >= 4 is 33.7 Å². The van der Waals surface area contributed by atoms with Gasteiger partial charge in [0.25, 0.3) is 10.5 Å². The lowest BCUT2D eigenvalue weighted by molar-refractivity contribution is 0.107. The van der Waals surface area contributed by atoms with Crippen molar-refractivity contribution in [3.8, 4) is 22.3 Å². The predicted octanol–water partition coefficient (Wildman–Crippen LogP) is 5.78. The van der Waals surface area contributed by atoms with Crippen molar-refractivity contribution in [3.05, 3.63) is 83.9 Å². The van der Waals surface area contributed by atoms with Crippen molar-refractivity contribution in [3.63, 3.8) is 0 Å². The summed E-state index contributed by atoms with van der Waals surface area (Å²) in [6.07, 6.45) is 0. The molecule has 0 saturated carbocycles. The Kier molecular flexibility index (Phi) is 4.79. The first-order valence-electron chi connectivity index (χ1n) is 7.26. The van der Waals surface area contributed by atoms with Crippen molar-refractivity contribution in [1.29, 1.82) is 0 Å². The van der Waals surface area contributed by atoms with Crippen LogP contribution < -0.4 is 0 Å². The normalized spacial score (nSPS) is 10.4. The molecule has 0 N–H and O–H groups in total. The molecule has 0 saturated heterocycles. The number of rotatable bonds is 4. The van der Waals surface area contributed by atoms with Gasteiger partial charge in [-0.3, -0.25) is 9.59 Å². The monoisotopic (exact) mass is 354 g/mol. The SMILES string of the molecule is O=C(Cl)c1cc(-c2ccccc2)c(C(=O)Cl)cc1-c1ccccc1. The van der Waals surface area contributed by atoms with Crippen molar-refractivity contribution in [1.82, 2.24) is 0 Å². The topological polar surface area (TPSA) is 34.1 Å². The summed E-state index contributed by atoms with van der Waals surface area (Å²) in [5.41, 5.74) is 3.42. The number of hydrogen-bond acceptors (Lipinski definition) is 2. The Hall–Kier alpha value is -2.42. The van der Waals surface area contributed by atoms with Crippen LogP contribution in [0.4, 0.5) is 0 Å². The Morgan fingerprint density at radius 2 is 0.917 bits per heavy atom. The Morgan fingerprint density at radius 3 is 1.21 bits per heavy atom. The van der Waals surface area contributed by atoms with Gasteiger partial charge in [0.15, 0.2) is 0 Å². The molecule has 0 amide bonds. The van der Waals surface area contributed by atoms with Crippen LogP contribution in [0, 0.1) is 0 Å². The lowest BCUT2D eigenvalue weighted by atomic mass is 9.91. The summed E-state index contributed by atoms with van der Waals surface area (Å²) < 4.78 is 0. The first kappa shape index (κ1) is 16.4. The van der Waals surface area contributed by atoms with E-state index in [1.54, 1.807) is 12.1 Å². The maximum Gasteiger partial charge on any atom is 0.253 e. The summed E-state index contributed by atoms with van der Waals surface area (Å²) in [5, 5.41) is -1.17. The zero-order valence-electron chi connectivity index (χ0n) is 12.5. The van der Waals surface area contributed by atoms with Gasteiger partial charge in [-0.15, -0.1) is 0 Å². The third-order valence-electron chi connectivity index (χ3n) is 3.75. The van der Waals surface area contributed by atoms with Gasteiger partial charge in [0.2, 0.25) is 0 Å². The minimum absolute atomic E-state index is 0.336. The standard InChI is InChI=1S/C20H12Cl2O2/c21-19(23)17-12-16(14-9-5-2-6-10-14)18(20(22)24)11-15(17)13-7-3-1-4-8-13/h1-12H.